The van der Waals surface area contributed by atoms with Crippen LogP contribution in [0.2, 0.25) is 0 Å². The zero-order valence-electron chi connectivity index (χ0n) is 8.50. The highest BCUT2D eigenvalue weighted by Crippen LogP contribution is 2.23. The molecule has 0 N–H and O–H groups in total. The molecule has 0 spiro atoms. The second-order valence-electron chi connectivity index (χ2n) is 3.44. The maximum absolute atomic E-state index is 5.65. The van der Waals surface area contributed by atoms with E-state index < -0.39 is 0 Å². The van der Waals surface area contributed by atoms with Crippen molar-refractivity contribution >= 4 is 0 Å². The summed E-state index contributed by atoms with van der Waals surface area (Å²) < 4.78 is 11.3. The van der Waals surface area contributed by atoms with E-state index in [1.807, 2.05) is 6.92 Å². The SMILES string of the molecule is C=CCOC1CCCCC1OCC. The van der Waals surface area contributed by atoms with Crippen LogP contribution in [0.25, 0.3) is 0 Å². The summed E-state index contributed by atoms with van der Waals surface area (Å²) in [5.41, 5.74) is 0. The van der Waals surface area contributed by atoms with Crippen LogP contribution in [-0.4, -0.2) is 25.4 Å². The Kier molecular flexibility index (Phi) is 5.09. The summed E-state index contributed by atoms with van der Waals surface area (Å²) in [7, 11) is 0. The topological polar surface area (TPSA) is 18.5 Å². The number of hydrogen-bond acceptors (Lipinski definition) is 2. The van der Waals surface area contributed by atoms with Crippen LogP contribution in [0.3, 0.4) is 0 Å². The molecule has 1 rings (SSSR count). The van der Waals surface area contributed by atoms with Crippen molar-refractivity contribution < 1.29 is 9.47 Å². The summed E-state index contributed by atoms with van der Waals surface area (Å²) in [6.45, 7) is 7.13. The van der Waals surface area contributed by atoms with Gasteiger partial charge in [-0.2, -0.15) is 0 Å². The molecule has 2 unspecified atom stereocenters. The van der Waals surface area contributed by atoms with Crippen LogP contribution in [0.15, 0.2) is 12.7 Å². The summed E-state index contributed by atoms with van der Waals surface area (Å²) in [6, 6.07) is 0. The molecule has 0 saturated heterocycles. The first kappa shape index (κ1) is 10.7. The first-order valence-corrected chi connectivity index (χ1v) is 5.22. The van der Waals surface area contributed by atoms with Crippen LogP contribution in [0.4, 0.5) is 0 Å². The Morgan fingerprint density at radius 3 is 2.38 bits per heavy atom. The molecule has 0 aliphatic heterocycles. The third-order valence-electron chi connectivity index (χ3n) is 2.45. The van der Waals surface area contributed by atoms with Gasteiger partial charge in [0.2, 0.25) is 0 Å². The Bertz CT molecular complexity index is 143. The predicted molar refractivity (Wildman–Crippen MR) is 53.8 cm³/mol. The van der Waals surface area contributed by atoms with Crippen LogP contribution in [0, 0.1) is 0 Å². The van der Waals surface area contributed by atoms with E-state index in [0.29, 0.717) is 18.8 Å². The van der Waals surface area contributed by atoms with Crippen molar-refractivity contribution in [1.82, 2.24) is 0 Å². The minimum atomic E-state index is 0.298. The molecule has 76 valence electrons. The fraction of sp³-hybridized carbons (Fsp3) is 0.818. The van der Waals surface area contributed by atoms with Crippen molar-refractivity contribution in [2.24, 2.45) is 0 Å². The molecule has 1 aliphatic carbocycles. The van der Waals surface area contributed by atoms with Gasteiger partial charge in [0.05, 0.1) is 18.8 Å². The van der Waals surface area contributed by atoms with Gasteiger partial charge < -0.3 is 9.47 Å². The lowest BCUT2D eigenvalue weighted by molar-refractivity contribution is -0.0822. The molecule has 0 heterocycles. The lowest BCUT2D eigenvalue weighted by atomic mass is 9.94. The highest BCUT2D eigenvalue weighted by atomic mass is 16.5. The summed E-state index contributed by atoms with van der Waals surface area (Å²) in [5, 5.41) is 0. The average Bonchev–Trinajstić information content (AvgIpc) is 2.17. The van der Waals surface area contributed by atoms with E-state index in [0.717, 1.165) is 19.4 Å². The molecule has 1 fully saturated rings. The molecule has 13 heavy (non-hydrogen) atoms. The Balaban J connectivity index is 2.31. The fourth-order valence-electron chi connectivity index (χ4n) is 1.85. The molecular formula is C11H20O2. The summed E-state index contributed by atoms with van der Waals surface area (Å²) >= 11 is 0. The molecule has 0 bridgehead atoms. The van der Waals surface area contributed by atoms with E-state index in [1.165, 1.54) is 12.8 Å². The number of hydrogen-bond donors (Lipinski definition) is 0. The van der Waals surface area contributed by atoms with Gasteiger partial charge >= 0.3 is 0 Å². The standard InChI is InChI=1S/C11H20O2/c1-3-9-13-11-8-6-5-7-10(11)12-4-2/h3,10-11H,1,4-9H2,2H3. The molecular weight excluding hydrogens is 164 g/mol. The van der Waals surface area contributed by atoms with Crippen LogP contribution >= 0.6 is 0 Å². The zero-order chi connectivity index (χ0) is 9.52. The van der Waals surface area contributed by atoms with Crippen LogP contribution in [0.5, 0.6) is 0 Å². The van der Waals surface area contributed by atoms with E-state index in [2.05, 4.69) is 6.58 Å². The van der Waals surface area contributed by atoms with Crippen molar-refractivity contribution in [2.45, 2.75) is 44.8 Å². The van der Waals surface area contributed by atoms with Crippen molar-refractivity contribution in [3.8, 4) is 0 Å². The lowest BCUT2D eigenvalue weighted by Crippen LogP contribution is -2.34. The summed E-state index contributed by atoms with van der Waals surface area (Å²) in [4.78, 5) is 0. The monoisotopic (exact) mass is 184 g/mol. The van der Waals surface area contributed by atoms with Gasteiger partial charge in [-0.05, 0) is 19.8 Å². The minimum Gasteiger partial charge on any atom is -0.376 e. The van der Waals surface area contributed by atoms with Gasteiger partial charge in [-0.15, -0.1) is 6.58 Å². The maximum Gasteiger partial charge on any atom is 0.0840 e. The van der Waals surface area contributed by atoms with E-state index in [-0.39, 0.29) is 0 Å². The first-order chi connectivity index (χ1) is 6.38. The quantitative estimate of drug-likeness (QED) is 0.611. The van der Waals surface area contributed by atoms with Crippen molar-refractivity contribution in [3.63, 3.8) is 0 Å². The van der Waals surface area contributed by atoms with Gasteiger partial charge in [0, 0.05) is 6.61 Å². The molecule has 0 aromatic carbocycles. The first-order valence-electron chi connectivity index (χ1n) is 5.22. The molecule has 1 aliphatic rings. The van der Waals surface area contributed by atoms with Crippen molar-refractivity contribution in [3.05, 3.63) is 12.7 Å². The molecule has 1 saturated carbocycles. The second-order valence-corrected chi connectivity index (χ2v) is 3.44. The summed E-state index contributed by atoms with van der Waals surface area (Å²) in [5.74, 6) is 0. The Morgan fingerprint density at radius 2 is 1.85 bits per heavy atom. The Morgan fingerprint density at radius 1 is 1.23 bits per heavy atom. The van der Waals surface area contributed by atoms with E-state index in [1.54, 1.807) is 6.08 Å². The van der Waals surface area contributed by atoms with Crippen LogP contribution in [-0.2, 0) is 9.47 Å². The molecule has 0 aromatic rings. The smallest absolute Gasteiger partial charge is 0.0840 e. The van der Waals surface area contributed by atoms with E-state index in [4.69, 9.17) is 9.47 Å². The van der Waals surface area contributed by atoms with Gasteiger partial charge in [0.15, 0.2) is 0 Å². The lowest BCUT2D eigenvalue weighted by Gasteiger charge is -2.30. The predicted octanol–water partition coefficient (Wildman–Crippen LogP) is 2.54. The second kappa shape index (κ2) is 6.17. The van der Waals surface area contributed by atoms with Crippen LogP contribution < -0.4 is 0 Å². The highest BCUT2D eigenvalue weighted by molar-refractivity contribution is 4.78. The maximum atomic E-state index is 5.65. The van der Waals surface area contributed by atoms with E-state index in [9.17, 15) is 0 Å². The number of ether oxygens (including phenoxy) is 2. The average molecular weight is 184 g/mol. The van der Waals surface area contributed by atoms with Gasteiger partial charge in [-0.3, -0.25) is 0 Å². The largest absolute Gasteiger partial charge is 0.376 e. The minimum absolute atomic E-state index is 0.298. The highest BCUT2D eigenvalue weighted by Gasteiger charge is 2.25. The molecule has 2 atom stereocenters. The third-order valence-corrected chi connectivity index (χ3v) is 2.45. The summed E-state index contributed by atoms with van der Waals surface area (Å²) in [6.07, 6.45) is 7.25. The van der Waals surface area contributed by atoms with Gasteiger partial charge in [0.1, 0.15) is 0 Å². The zero-order valence-corrected chi connectivity index (χ0v) is 8.50. The number of rotatable bonds is 5. The van der Waals surface area contributed by atoms with Crippen molar-refractivity contribution in [1.29, 1.82) is 0 Å². The fourth-order valence-corrected chi connectivity index (χ4v) is 1.85. The molecule has 2 heteroatoms. The third kappa shape index (κ3) is 3.49. The van der Waals surface area contributed by atoms with Crippen molar-refractivity contribution in [2.75, 3.05) is 13.2 Å². The van der Waals surface area contributed by atoms with Gasteiger partial charge in [-0.25, -0.2) is 0 Å². The van der Waals surface area contributed by atoms with E-state index >= 15 is 0 Å². The Hall–Kier alpha value is -0.340. The molecule has 0 aromatic heterocycles. The van der Waals surface area contributed by atoms with Gasteiger partial charge in [0.25, 0.3) is 0 Å². The molecule has 2 nitrogen and oxygen atoms in total. The Labute approximate surface area is 80.9 Å². The van der Waals surface area contributed by atoms with Crippen LogP contribution in [0.1, 0.15) is 32.6 Å². The molecule has 0 radical (unpaired) electrons. The molecule has 0 amide bonds. The normalized spacial score (nSPS) is 28.7. The van der Waals surface area contributed by atoms with Gasteiger partial charge in [-0.1, -0.05) is 18.9 Å².